The SMILES string of the molecule is [N-]=[N+]=N[C@]1(c2ccc(Br)nc2F)C[C@@H](NC(=O)O)C1. The summed E-state index contributed by atoms with van der Waals surface area (Å²) in [5.41, 5.74) is 7.72. The molecule has 0 bridgehead atoms. The van der Waals surface area contributed by atoms with E-state index in [1.165, 1.54) is 6.07 Å². The number of halogens is 2. The average Bonchev–Trinajstić information content (AvgIpc) is 2.25. The van der Waals surface area contributed by atoms with Crippen molar-refractivity contribution < 1.29 is 14.3 Å². The highest BCUT2D eigenvalue weighted by Gasteiger charge is 2.47. The van der Waals surface area contributed by atoms with Gasteiger partial charge in [-0.2, -0.15) is 4.39 Å². The van der Waals surface area contributed by atoms with Gasteiger partial charge in [-0.05, 0) is 40.4 Å². The molecule has 0 saturated heterocycles. The molecule has 0 spiro atoms. The summed E-state index contributed by atoms with van der Waals surface area (Å²) in [6.45, 7) is 0. The van der Waals surface area contributed by atoms with Crippen molar-refractivity contribution in [2.45, 2.75) is 24.4 Å². The van der Waals surface area contributed by atoms with E-state index in [9.17, 15) is 9.18 Å². The van der Waals surface area contributed by atoms with Crippen molar-refractivity contribution in [2.75, 3.05) is 0 Å². The van der Waals surface area contributed by atoms with Crippen LogP contribution in [-0.4, -0.2) is 22.2 Å². The van der Waals surface area contributed by atoms with Gasteiger partial charge in [0.25, 0.3) is 0 Å². The van der Waals surface area contributed by atoms with Crippen LogP contribution in [0.2, 0.25) is 0 Å². The molecule has 2 N–H and O–H groups in total. The van der Waals surface area contributed by atoms with Gasteiger partial charge < -0.3 is 10.4 Å². The van der Waals surface area contributed by atoms with Gasteiger partial charge in [0.2, 0.25) is 5.95 Å². The first-order valence-corrected chi connectivity index (χ1v) is 6.14. The molecule has 1 aromatic rings. The highest BCUT2D eigenvalue weighted by Crippen LogP contribution is 2.46. The van der Waals surface area contributed by atoms with Gasteiger partial charge in [0.1, 0.15) is 4.60 Å². The minimum Gasteiger partial charge on any atom is -0.465 e. The van der Waals surface area contributed by atoms with Gasteiger partial charge in [-0.15, -0.1) is 0 Å². The maximum absolute atomic E-state index is 13.8. The van der Waals surface area contributed by atoms with Crippen molar-refractivity contribution in [1.29, 1.82) is 0 Å². The van der Waals surface area contributed by atoms with E-state index in [-0.39, 0.29) is 24.4 Å². The topological polar surface area (TPSA) is 111 Å². The number of amides is 1. The zero-order valence-corrected chi connectivity index (χ0v) is 11.1. The summed E-state index contributed by atoms with van der Waals surface area (Å²) < 4.78 is 14.2. The lowest BCUT2D eigenvalue weighted by Gasteiger charge is -2.44. The van der Waals surface area contributed by atoms with Gasteiger partial charge in [0.05, 0.1) is 5.54 Å². The smallest absolute Gasteiger partial charge is 0.404 e. The predicted molar refractivity (Wildman–Crippen MR) is 66.9 cm³/mol. The predicted octanol–water partition coefficient (Wildman–Crippen LogP) is 2.92. The molecule has 1 heterocycles. The fourth-order valence-corrected chi connectivity index (χ4v) is 2.52. The van der Waals surface area contributed by atoms with Crippen LogP contribution >= 0.6 is 15.9 Å². The molecule has 19 heavy (non-hydrogen) atoms. The third-order valence-corrected chi connectivity index (χ3v) is 3.49. The molecule has 100 valence electrons. The van der Waals surface area contributed by atoms with Crippen LogP contribution in [0.15, 0.2) is 21.9 Å². The van der Waals surface area contributed by atoms with Crippen molar-refractivity contribution in [3.8, 4) is 0 Å². The van der Waals surface area contributed by atoms with E-state index >= 15 is 0 Å². The Kier molecular flexibility index (Phi) is 3.59. The number of nitrogens with zero attached hydrogens (tertiary/aromatic N) is 4. The van der Waals surface area contributed by atoms with E-state index in [2.05, 4.69) is 36.3 Å². The molecule has 0 aliphatic heterocycles. The molecule has 1 fully saturated rings. The molecular weight excluding hydrogens is 321 g/mol. The summed E-state index contributed by atoms with van der Waals surface area (Å²) in [5, 5.41) is 14.5. The van der Waals surface area contributed by atoms with Crippen LogP contribution in [0.25, 0.3) is 10.4 Å². The van der Waals surface area contributed by atoms with Gasteiger partial charge in [0.15, 0.2) is 0 Å². The highest BCUT2D eigenvalue weighted by molar-refractivity contribution is 9.10. The monoisotopic (exact) mass is 329 g/mol. The van der Waals surface area contributed by atoms with Crippen molar-refractivity contribution in [2.24, 2.45) is 5.11 Å². The fourth-order valence-electron chi connectivity index (χ4n) is 2.23. The lowest BCUT2D eigenvalue weighted by atomic mass is 9.69. The van der Waals surface area contributed by atoms with Crippen LogP contribution in [0.3, 0.4) is 0 Å². The molecule has 2 rings (SSSR count). The van der Waals surface area contributed by atoms with Crippen LogP contribution in [0.5, 0.6) is 0 Å². The molecule has 1 aliphatic rings. The second kappa shape index (κ2) is 5.02. The number of aromatic nitrogens is 1. The van der Waals surface area contributed by atoms with Crippen molar-refractivity contribution in [3.63, 3.8) is 0 Å². The van der Waals surface area contributed by atoms with Crippen LogP contribution in [0.4, 0.5) is 9.18 Å². The molecule has 0 radical (unpaired) electrons. The number of pyridine rings is 1. The summed E-state index contributed by atoms with van der Waals surface area (Å²) in [5.74, 6) is -0.726. The largest absolute Gasteiger partial charge is 0.465 e. The van der Waals surface area contributed by atoms with Crippen molar-refractivity contribution in [1.82, 2.24) is 10.3 Å². The minimum atomic E-state index is -1.16. The highest BCUT2D eigenvalue weighted by atomic mass is 79.9. The first-order chi connectivity index (χ1) is 8.97. The maximum Gasteiger partial charge on any atom is 0.404 e. The Labute approximate surface area is 115 Å². The molecule has 0 atom stereocenters. The average molecular weight is 330 g/mol. The Bertz CT molecular complexity index is 569. The Morgan fingerprint density at radius 3 is 2.89 bits per heavy atom. The molecule has 0 aromatic carbocycles. The third kappa shape index (κ3) is 2.61. The van der Waals surface area contributed by atoms with Gasteiger partial charge >= 0.3 is 6.09 Å². The van der Waals surface area contributed by atoms with Gasteiger partial charge in [0, 0.05) is 16.5 Å². The van der Waals surface area contributed by atoms with E-state index in [0.717, 1.165) is 0 Å². The number of carboxylic acid groups (broad SMARTS) is 1. The number of azide groups is 1. The number of hydrogen-bond donors (Lipinski definition) is 2. The van der Waals surface area contributed by atoms with E-state index < -0.39 is 17.6 Å². The van der Waals surface area contributed by atoms with Crippen molar-refractivity contribution >= 4 is 22.0 Å². The van der Waals surface area contributed by atoms with E-state index in [1.807, 2.05) is 0 Å². The summed E-state index contributed by atoms with van der Waals surface area (Å²) in [4.78, 5) is 16.9. The zero-order chi connectivity index (χ0) is 14.0. The molecular formula is C10H9BrFN5O2. The third-order valence-electron chi connectivity index (χ3n) is 3.05. The molecule has 1 aromatic heterocycles. The van der Waals surface area contributed by atoms with E-state index in [1.54, 1.807) is 6.07 Å². The summed E-state index contributed by atoms with van der Waals surface area (Å²) in [6.07, 6.45) is -0.735. The summed E-state index contributed by atoms with van der Waals surface area (Å²) in [7, 11) is 0. The van der Waals surface area contributed by atoms with Gasteiger partial charge in [-0.3, -0.25) is 0 Å². The Balaban J connectivity index is 2.28. The molecule has 1 saturated carbocycles. The lowest BCUT2D eigenvalue weighted by Crippen LogP contribution is -2.52. The van der Waals surface area contributed by atoms with Gasteiger partial charge in [-0.25, -0.2) is 9.78 Å². The lowest BCUT2D eigenvalue weighted by molar-refractivity contribution is 0.146. The fraction of sp³-hybridized carbons (Fsp3) is 0.400. The Morgan fingerprint density at radius 1 is 1.68 bits per heavy atom. The molecule has 1 aliphatic carbocycles. The Hall–Kier alpha value is -1.86. The van der Waals surface area contributed by atoms with Crippen molar-refractivity contribution in [3.05, 3.63) is 38.7 Å². The number of nitrogens with one attached hydrogen (secondary N) is 1. The van der Waals surface area contributed by atoms with Crippen LogP contribution in [0, 0.1) is 5.95 Å². The zero-order valence-electron chi connectivity index (χ0n) is 9.55. The summed E-state index contributed by atoms with van der Waals surface area (Å²) in [6, 6.07) is 2.68. The first-order valence-electron chi connectivity index (χ1n) is 5.35. The second-order valence-corrected chi connectivity index (χ2v) is 5.06. The second-order valence-electron chi connectivity index (χ2n) is 4.25. The Morgan fingerprint density at radius 2 is 2.37 bits per heavy atom. The van der Waals surface area contributed by atoms with Gasteiger partial charge in [-0.1, -0.05) is 11.2 Å². The normalized spacial score (nSPS) is 25.1. The number of rotatable bonds is 3. The molecule has 9 heteroatoms. The number of hydrogen-bond acceptors (Lipinski definition) is 3. The van der Waals surface area contributed by atoms with E-state index in [4.69, 9.17) is 10.6 Å². The first kappa shape index (κ1) is 13.6. The molecule has 7 nitrogen and oxygen atoms in total. The number of carbonyl (C=O) groups is 1. The maximum atomic E-state index is 13.8. The standard InChI is InChI=1S/C10H9BrFN5O2/c11-7-2-1-6(8(12)15-7)10(16-17-13)3-5(4-10)14-9(18)19/h1-2,5,14H,3-4H2,(H,18,19)/t5-,10-. The quantitative estimate of drug-likeness (QED) is 0.385. The van der Waals surface area contributed by atoms with Crippen LogP contribution in [0.1, 0.15) is 18.4 Å². The van der Waals surface area contributed by atoms with E-state index in [0.29, 0.717) is 4.60 Å². The van der Waals surface area contributed by atoms with Crippen LogP contribution in [-0.2, 0) is 5.54 Å². The van der Waals surface area contributed by atoms with Crippen LogP contribution < -0.4 is 5.32 Å². The minimum absolute atomic E-state index is 0.178. The molecule has 0 unspecified atom stereocenters. The summed E-state index contributed by atoms with van der Waals surface area (Å²) >= 11 is 3.04. The molecule has 1 amide bonds.